The quantitative estimate of drug-likeness (QED) is 0.728. The number of esters is 1. The van der Waals surface area contributed by atoms with Gasteiger partial charge in [-0.3, -0.25) is 4.79 Å². The van der Waals surface area contributed by atoms with Crippen LogP contribution in [-0.2, 0) is 14.3 Å². The van der Waals surface area contributed by atoms with Gasteiger partial charge in [0, 0.05) is 13.5 Å². The number of rotatable bonds is 5. The Labute approximate surface area is 97.5 Å². The van der Waals surface area contributed by atoms with Crippen molar-refractivity contribution < 1.29 is 14.3 Å². The van der Waals surface area contributed by atoms with Crippen molar-refractivity contribution in [3.8, 4) is 0 Å². The van der Waals surface area contributed by atoms with Gasteiger partial charge in [0.1, 0.15) is 12.1 Å². The summed E-state index contributed by atoms with van der Waals surface area (Å²) in [7, 11) is 1.71. The van der Waals surface area contributed by atoms with Crippen molar-refractivity contribution in [3.63, 3.8) is 0 Å². The Hall–Kier alpha value is -0.610. The molecule has 1 fully saturated rings. The topological polar surface area (TPSA) is 61.6 Å². The summed E-state index contributed by atoms with van der Waals surface area (Å²) in [5.41, 5.74) is 5.71. The van der Waals surface area contributed by atoms with Gasteiger partial charge in [-0.1, -0.05) is 13.3 Å². The van der Waals surface area contributed by atoms with Crippen LogP contribution in [0.2, 0.25) is 0 Å². The number of hydrogen-bond donors (Lipinski definition) is 1. The van der Waals surface area contributed by atoms with E-state index >= 15 is 0 Å². The van der Waals surface area contributed by atoms with Gasteiger partial charge in [0.2, 0.25) is 0 Å². The Morgan fingerprint density at radius 2 is 2.12 bits per heavy atom. The van der Waals surface area contributed by atoms with Crippen molar-refractivity contribution in [1.29, 1.82) is 0 Å². The molecule has 0 spiro atoms. The van der Waals surface area contributed by atoms with Gasteiger partial charge in [-0.25, -0.2) is 0 Å². The van der Waals surface area contributed by atoms with Crippen molar-refractivity contribution in [2.75, 3.05) is 7.11 Å². The Morgan fingerprint density at radius 1 is 1.44 bits per heavy atom. The lowest BCUT2D eigenvalue weighted by atomic mass is 9.95. The highest BCUT2D eigenvalue weighted by Gasteiger charge is 2.26. The van der Waals surface area contributed by atoms with Crippen LogP contribution in [0.3, 0.4) is 0 Å². The molecule has 0 heterocycles. The van der Waals surface area contributed by atoms with Crippen molar-refractivity contribution >= 4 is 5.97 Å². The smallest absolute Gasteiger partial charge is 0.323 e. The van der Waals surface area contributed by atoms with Crippen LogP contribution in [0, 0.1) is 0 Å². The van der Waals surface area contributed by atoms with Crippen LogP contribution in [0.15, 0.2) is 0 Å². The summed E-state index contributed by atoms with van der Waals surface area (Å²) >= 11 is 0. The predicted molar refractivity (Wildman–Crippen MR) is 62.0 cm³/mol. The molecule has 0 radical (unpaired) electrons. The van der Waals surface area contributed by atoms with Gasteiger partial charge in [0.15, 0.2) is 0 Å². The van der Waals surface area contributed by atoms with Gasteiger partial charge in [-0.15, -0.1) is 0 Å². The molecule has 1 saturated carbocycles. The highest BCUT2D eigenvalue weighted by molar-refractivity contribution is 5.75. The Balaban J connectivity index is 2.32. The number of hydrogen-bond acceptors (Lipinski definition) is 4. The minimum absolute atomic E-state index is 0.00546. The van der Waals surface area contributed by atoms with Crippen molar-refractivity contribution in [2.45, 2.75) is 63.7 Å². The van der Waals surface area contributed by atoms with Gasteiger partial charge in [-0.2, -0.15) is 0 Å². The first kappa shape index (κ1) is 13.5. The highest BCUT2D eigenvalue weighted by Crippen LogP contribution is 2.23. The number of methoxy groups -OCH3 is 1. The molecule has 1 aliphatic rings. The van der Waals surface area contributed by atoms with Gasteiger partial charge < -0.3 is 15.2 Å². The van der Waals surface area contributed by atoms with E-state index in [-0.39, 0.29) is 18.2 Å². The van der Waals surface area contributed by atoms with Gasteiger partial charge in [0.25, 0.3) is 0 Å². The van der Waals surface area contributed by atoms with Crippen molar-refractivity contribution in [2.24, 2.45) is 5.73 Å². The molecule has 3 atom stereocenters. The molecule has 0 saturated heterocycles. The molecular formula is C12H23NO3. The molecule has 0 aromatic rings. The van der Waals surface area contributed by atoms with E-state index in [1.807, 2.05) is 6.92 Å². The van der Waals surface area contributed by atoms with E-state index in [2.05, 4.69) is 0 Å². The van der Waals surface area contributed by atoms with Crippen LogP contribution in [0.25, 0.3) is 0 Å². The molecule has 0 aliphatic heterocycles. The second-order valence-corrected chi connectivity index (χ2v) is 4.48. The summed E-state index contributed by atoms with van der Waals surface area (Å²) in [6.45, 7) is 2.01. The minimum atomic E-state index is -0.465. The molecule has 2 unspecified atom stereocenters. The number of nitrogens with two attached hydrogens (primary N) is 1. The molecule has 94 valence electrons. The normalized spacial score (nSPS) is 27.4. The van der Waals surface area contributed by atoms with E-state index in [1.54, 1.807) is 7.11 Å². The number of ether oxygens (including phenoxy) is 2. The molecule has 0 bridgehead atoms. The van der Waals surface area contributed by atoms with Gasteiger partial charge in [0.05, 0.1) is 6.10 Å². The maximum Gasteiger partial charge on any atom is 0.323 e. The average Bonchev–Trinajstić information content (AvgIpc) is 2.29. The summed E-state index contributed by atoms with van der Waals surface area (Å²) in [6.07, 6.45) is 5.68. The van der Waals surface area contributed by atoms with Crippen molar-refractivity contribution in [3.05, 3.63) is 0 Å². The van der Waals surface area contributed by atoms with E-state index in [0.29, 0.717) is 6.42 Å². The first-order valence-corrected chi connectivity index (χ1v) is 6.16. The largest absolute Gasteiger partial charge is 0.461 e. The van der Waals surface area contributed by atoms with E-state index < -0.39 is 6.04 Å². The molecular weight excluding hydrogens is 206 g/mol. The van der Waals surface area contributed by atoms with E-state index in [1.165, 1.54) is 0 Å². The van der Waals surface area contributed by atoms with Crippen LogP contribution in [-0.4, -0.2) is 31.3 Å². The zero-order valence-electron chi connectivity index (χ0n) is 10.3. The molecule has 1 rings (SSSR count). The zero-order chi connectivity index (χ0) is 12.0. The summed E-state index contributed by atoms with van der Waals surface area (Å²) in [4.78, 5) is 11.6. The molecule has 16 heavy (non-hydrogen) atoms. The maximum atomic E-state index is 11.6. The lowest BCUT2D eigenvalue weighted by molar-refractivity contribution is -0.154. The van der Waals surface area contributed by atoms with Crippen molar-refractivity contribution in [1.82, 2.24) is 0 Å². The van der Waals surface area contributed by atoms with Crippen LogP contribution in [0.1, 0.15) is 45.4 Å². The second-order valence-electron chi connectivity index (χ2n) is 4.48. The highest BCUT2D eigenvalue weighted by atomic mass is 16.5. The van der Waals surface area contributed by atoms with Crippen LogP contribution in [0.4, 0.5) is 0 Å². The van der Waals surface area contributed by atoms with E-state index in [0.717, 1.165) is 32.1 Å². The fourth-order valence-electron chi connectivity index (χ4n) is 2.10. The predicted octanol–water partition coefficient (Wildman–Crippen LogP) is 1.61. The molecule has 1 aliphatic carbocycles. The molecule has 0 amide bonds. The first-order chi connectivity index (χ1) is 7.67. The summed E-state index contributed by atoms with van der Waals surface area (Å²) in [5, 5.41) is 0. The molecule has 2 N–H and O–H groups in total. The SMILES string of the molecule is CCC[C@@H](N)C(=O)OC1CCCC(OC)C1. The Morgan fingerprint density at radius 3 is 2.75 bits per heavy atom. The van der Waals surface area contributed by atoms with E-state index in [4.69, 9.17) is 15.2 Å². The Bertz CT molecular complexity index is 220. The fraction of sp³-hybridized carbons (Fsp3) is 0.917. The molecule has 0 aromatic carbocycles. The standard InChI is InChI=1S/C12H23NO3/c1-3-5-11(13)12(14)16-10-7-4-6-9(8-10)15-2/h9-11H,3-8,13H2,1-2H3/t9?,10?,11-/m1/s1. The van der Waals surface area contributed by atoms with E-state index in [9.17, 15) is 4.79 Å². The van der Waals surface area contributed by atoms with Crippen LogP contribution < -0.4 is 5.73 Å². The third-order valence-corrected chi connectivity index (χ3v) is 3.10. The summed E-state index contributed by atoms with van der Waals surface area (Å²) < 4.78 is 10.7. The second kappa shape index (κ2) is 6.86. The number of carbonyl (C=O) groups is 1. The summed E-state index contributed by atoms with van der Waals surface area (Å²) in [5.74, 6) is -0.261. The lowest BCUT2D eigenvalue weighted by Gasteiger charge is -2.28. The monoisotopic (exact) mass is 229 g/mol. The molecule has 0 aromatic heterocycles. The van der Waals surface area contributed by atoms with Crippen LogP contribution in [0.5, 0.6) is 0 Å². The van der Waals surface area contributed by atoms with Crippen LogP contribution >= 0.6 is 0 Å². The third kappa shape index (κ3) is 4.10. The Kier molecular flexibility index (Phi) is 5.77. The fourth-order valence-corrected chi connectivity index (χ4v) is 2.10. The molecule has 4 nitrogen and oxygen atoms in total. The maximum absolute atomic E-state index is 11.6. The summed E-state index contributed by atoms with van der Waals surface area (Å²) in [6, 6.07) is -0.465. The minimum Gasteiger partial charge on any atom is -0.461 e. The third-order valence-electron chi connectivity index (χ3n) is 3.10. The first-order valence-electron chi connectivity index (χ1n) is 6.16. The number of carbonyl (C=O) groups excluding carboxylic acids is 1. The zero-order valence-corrected chi connectivity index (χ0v) is 10.3. The molecule has 4 heteroatoms. The average molecular weight is 229 g/mol. The lowest BCUT2D eigenvalue weighted by Crippen LogP contribution is -2.37. The van der Waals surface area contributed by atoms with Gasteiger partial charge >= 0.3 is 5.97 Å². The van der Waals surface area contributed by atoms with Gasteiger partial charge in [-0.05, 0) is 25.7 Å².